The molecule has 0 saturated heterocycles. The quantitative estimate of drug-likeness (QED) is 0.695. The molecule has 0 heterocycles. The Morgan fingerprint density at radius 3 is 1.94 bits per heavy atom. The number of aryl methyl sites for hydroxylation is 1. The fraction of sp³-hybridized carbons (Fsp3) is 0.467. The van der Waals surface area contributed by atoms with Gasteiger partial charge in [0, 0.05) is 12.8 Å². The van der Waals surface area contributed by atoms with Crippen LogP contribution in [0.25, 0.3) is 0 Å². The molecule has 17 heavy (non-hydrogen) atoms. The molecule has 1 aromatic rings. The number of rotatable bonds is 1. The average molecular weight is 230 g/mol. The monoisotopic (exact) mass is 230 g/mol. The van der Waals surface area contributed by atoms with E-state index in [1.54, 1.807) is 0 Å². The van der Waals surface area contributed by atoms with Gasteiger partial charge in [0.05, 0.1) is 0 Å². The number of benzene rings is 1. The summed E-state index contributed by atoms with van der Waals surface area (Å²) in [5.74, 6) is -0.395. The minimum Gasteiger partial charge on any atom is -0.299 e. The third-order valence-electron chi connectivity index (χ3n) is 3.36. The predicted octanol–water partition coefficient (Wildman–Crippen LogP) is 3.04. The minimum atomic E-state index is -0.524. The summed E-state index contributed by atoms with van der Waals surface area (Å²) in [6.45, 7) is 5.96. The van der Waals surface area contributed by atoms with Crippen LogP contribution in [0.15, 0.2) is 24.3 Å². The zero-order chi connectivity index (χ0) is 12.6. The Labute approximate surface area is 102 Å². The first-order chi connectivity index (χ1) is 7.89. The molecule has 1 aliphatic carbocycles. The maximum atomic E-state index is 12.1. The largest absolute Gasteiger partial charge is 0.299 e. The Morgan fingerprint density at radius 1 is 1.00 bits per heavy atom. The van der Waals surface area contributed by atoms with Gasteiger partial charge in [0.1, 0.15) is 17.5 Å². The van der Waals surface area contributed by atoms with E-state index in [9.17, 15) is 9.59 Å². The number of carbonyl (C=O) groups excluding carboxylic acids is 2. The molecule has 0 unspecified atom stereocenters. The summed E-state index contributed by atoms with van der Waals surface area (Å²) in [7, 11) is 0. The number of hydrogen-bond donors (Lipinski definition) is 0. The smallest absolute Gasteiger partial charge is 0.148 e. The highest BCUT2D eigenvalue weighted by Crippen LogP contribution is 2.37. The number of Topliss-reactive ketones (excluding diaryl/α,β-unsaturated/α-hetero) is 2. The Bertz CT molecular complexity index is 434. The van der Waals surface area contributed by atoms with E-state index in [0.717, 1.165) is 11.1 Å². The molecule has 0 aliphatic heterocycles. The molecule has 0 N–H and O–H groups in total. The lowest BCUT2D eigenvalue weighted by Crippen LogP contribution is -2.36. The molecule has 2 rings (SSSR count). The first kappa shape index (κ1) is 12.0. The van der Waals surface area contributed by atoms with Gasteiger partial charge in [-0.15, -0.1) is 0 Å². The molecule has 2 heteroatoms. The highest BCUT2D eigenvalue weighted by Gasteiger charge is 2.40. The Morgan fingerprint density at radius 2 is 1.47 bits per heavy atom. The number of hydrogen-bond acceptors (Lipinski definition) is 2. The fourth-order valence-corrected chi connectivity index (χ4v) is 2.52. The maximum Gasteiger partial charge on any atom is 0.148 e. The summed E-state index contributed by atoms with van der Waals surface area (Å²) in [4.78, 5) is 24.2. The van der Waals surface area contributed by atoms with Gasteiger partial charge in [0.25, 0.3) is 0 Å². The second-order valence-electron chi connectivity index (χ2n) is 5.79. The van der Waals surface area contributed by atoms with Crippen molar-refractivity contribution in [2.24, 2.45) is 5.41 Å². The first-order valence-electron chi connectivity index (χ1n) is 6.01. The van der Waals surface area contributed by atoms with E-state index in [0.29, 0.717) is 12.8 Å². The lowest BCUT2D eigenvalue weighted by Gasteiger charge is -2.32. The molecular formula is C15H18O2. The number of carbonyl (C=O) groups is 2. The van der Waals surface area contributed by atoms with Crippen LogP contribution in [0.5, 0.6) is 0 Å². The molecule has 1 aromatic carbocycles. The van der Waals surface area contributed by atoms with Crippen molar-refractivity contribution in [3.05, 3.63) is 35.4 Å². The summed E-state index contributed by atoms with van der Waals surface area (Å²) in [6.07, 6.45) is 0.995. The lowest BCUT2D eigenvalue weighted by atomic mass is 9.69. The van der Waals surface area contributed by atoms with Crippen molar-refractivity contribution in [3.8, 4) is 0 Å². The van der Waals surface area contributed by atoms with E-state index in [-0.39, 0.29) is 17.0 Å². The third kappa shape index (κ3) is 2.46. The van der Waals surface area contributed by atoms with Crippen molar-refractivity contribution >= 4 is 11.6 Å². The Kier molecular flexibility index (Phi) is 2.90. The van der Waals surface area contributed by atoms with Gasteiger partial charge < -0.3 is 0 Å². The summed E-state index contributed by atoms with van der Waals surface area (Å²) in [5, 5.41) is 0. The number of ketones is 2. The second-order valence-corrected chi connectivity index (χ2v) is 5.79. The maximum absolute atomic E-state index is 12.1. The van der Waals surface area contributed by atoms with Crippen molar-refractivity contribution in [2.45, 2.75) is 39.5 Å². The van der Waals surface area contributed by atoms with Gasteiger partial charge in [0.2, 0.25) is 0 Å². The van der Waals surface area contributed by atoms with Crippen molar-refractivity contribution in [1.29, 1.82) is 0 Å². The SMILES string of the molecule is Cc1ccc(C2C(=O)CC(C)(C)CC2=O)cc1. The van der Waals surface area contributed by atoms with Gasteiger partial charge in [-0.2, -0.15) is 0 Å². The Hall–Kier alpha value is -1.44. The molecule has 0 spiro atoms. The minimum absolute atomic E-state index is 0.0649. The molecule has 1 saturated carbocycles. The van der Waals surface area contributed by atoms with E-state index in [1.807, 2.05) is 45.0 Å². The van der Waals surface area contributed by atoms with Crippen LogP contribution in [-0.2, 0) is 9.59 Å². The molecule has 0 radical (unpaired) electrons. The highest BCUT2D eigenvalue weighted by atomic mass is 16.2. The molecular weight excluding hydrogens is 212 g/mol. The molecule has 2 nitrogen and oxygen atoms in total. The van der Waals surface area contributed by atoms with Gasteiger partial charge in [-0.1, -0.05) is 43.7 Å². The van der Waals surface area contributed by atoms with Gasteiger partial charge in [0.15, 0.2) is 0 Å². The van der Waals surface area contributed by atoms with E-state index in [2.05, 4.69) is 0 Å². The summed E-state index contributed by atoms with van der Waals surface area (Å²) >= 11 is 0. The summed E-state index contributed by atoms with van der Waals surface area (Å²) < 4.78 is 0. The van der Waals surface area contributed by atoms with Crippen LogP contribution in [-0.4, -0.2) is 11.6 Å². The molecule has 0 bridgehead atoms. The molecule has 1 aliphatic rings. The molecule has 1 fully saturated rings. The van der Waals surface area contributed by atoms with Crippen LogP contribution >= 0.6 is 0 Å². The fourth-order valence-electron chi connectivity index (χ4n) is 2.52. The molecule has 0 atom stereocenters. The molecule has 0 aromatic heterocycles. The van der Waals surface area contributed by atoms with Gasteiger partial charge >= 0.3 is 0 Å². The van der Waals surface area contributed by atoms with Crippen molar-refractivity contribution in [1.82, 2.24) is 0 Å². The Balaban J connectivity index is 2.30. The third-order valence-corrected chi connectivity index (χ3v) is 3.36. The first-order valence-corrected chi connectivity index (χ1v) is 6.01. The molecule has 0 amide bonds. The normalized spacial score (nSPS) is 20.6. The second kappa shape index (κ2) is 4.10. The summed E-state index contributed by atoms with van der Waals surface area (Å²) in [6, 6.07) is 7.70. The van der Waals surface area contributed by atoms with Crippen LogP contribution in [0, 0.1) is 12.3 Å². The zero-order valence-corrected chi connectivity index (χ0v) is 10.6. The zero-order valence-electron chi connectivity index (χ0n) is 10.6. The lowest BCUT2D eigenvalue weighted by molar-refractivity contribution is -0.135. The van der Waals surface area contributed by atoms with Crippen molar-refractivity contribution in [2.75, 3.05) is 0 Å². The predicted molar refractivity (Wildman–Crippen MR) is 66.9 cm³/mol. The van der Waals surface area contributed by atoms with Gasteiger partial charge in [-0.3, -0.25) is 9.59 Å². The van der Waals surface area contributed by atoms with E-state index in [4.69, 9.17) is 0 Å². The molecule has 90 valence electrons. The van der Waals surface area contributed by atoms with Gasteiger partial charge in [-0.25, -0.2) is 0 Å². The van der Waals surface area contributed by atoms with Crippen LogP contribution in [0.1, 0.15) is 43.7 Å². The van der Waals surface area contributed by atoms with E-state index < -0.39 is 5.92 Å². The van der Waals surface area contributed by atoms with Crippen LogP contribution in [0.2, 0.25) is 0 Å². The average Bonchev–Trinajstić information content (AvgIpc) is 2.18. The van der Waals surface area contributed by atoms with Crippen molar-refractivity contribution in [3.63, 3.8) is 0 Å². The van der Waals surface area contributed by atoms with E-state index in [1.165, 1.54) is 0 Å². The van der Waals surface area contributed by atoms with Crippen LogP contribution < -0.4 is 0 Å². The van der Waals surface area contributed by atoms with Gasteiger partial charge in [-0.05, 0) is 17.9 Å². The van der Waals surface area contributed by atoms with E-state index >= 15 is 0 Å². The van der Waals surface area contributed by atoms with Crippen LogP contribution in [0.3, 0.4) is 0 Å². The summed E-state index contributed by atoms with van der Waals surface area (Å²) in [5.41, 5.74) is 1.82. The van der Waals surface area contributed by atoms with Crippen molar-refractivity contribution < 1.29 is 9.59 Å². The standard InChI is InChI=1S/C15H18O2/c1-10-4-6-11(7-5-10)14-12(16)8-15(2,3)9-13(14)17/h4-7,14H,8-9H2,1-3H3. The topological polar surface area (TPSA) is 34.1 Å². The van der Waals surface area contributed by atoms with Crippen LogP contribution in [0.4, 0.5) is 0 Å². The highest BCUT2D eigenvalue weighted by molar-refractivity contribution is 6.10.